The van der Waals surface area contributed by atoms with Crippen LogP contribution in [0.3, 0.4) is 0 Å². The van der Waals surface area contributed by atoms with Gasteiger partial charge >= 0.3 is 0 Å². The Morgan fingerprint density at radius 2 is 1.95 bits per heavy atom. The lowest BCUT2D eigenvalue weighted by Crippen LogP contribution is -2.50. The third-order valence-electron chi connectivity index (χ3n) is 3.40. The van der Waals surface area contributed by atoms with Crippen LogP contribution in [0.5, 0.6) is 0 Å². The van der Waals surface area contributed by atoms with Gasteiger partial charge in [0, 0.05) is 39.3 Å². The molecule has 2 heterocycles. The number of aromatic nitrogens is 1. The molecule has 1 aliphatic heterocycles. The molecule has 1 aromatic heterocycles. The van der Waals surface area contributed by atoms with Gasteiger partial charge in [0.15, 0.2) is 0 Å². The molecular weight excluding hydrogens is 252 g/mol. The highest BCUT2D eigenvalue weighted by Crippen LogP contribution is 2.17. The van der Waals surface area contributed by atoms with Crippen molar-refractivity contribution < 1.29 is 5.11 Å². The van der Waals surface area contributed by atoms with E-state index in [1.54, 1.807) is 0 Å². The van der Waals surface area contributed by atoms with Crippen molar-refractivity contribution in [2.45, 2.75) is 26.4 Å². The lowest BCUT2D eigenvalue weighted by Gasteiger charge is -2.37. The summed E-state index contributed by atoms with van der Waals surface area (Å²) in [4.78, 5) is 9.25. The third kappa shape index (κ3) is 4.35. The molecule has 2 N–H and O–H groups in total. The molecular formula is C15H26N4O. The largest absolute Gasteiger partial charge is 0.389 e. The van der Waals surface area contributed by atoms with E-state index >= 15 is 0 Å². The van der Waals surface area contributed by atoms with E-state index in [1.807, 2.05) is 26.0 Å². The number of hydrogen-bond acceptors (Lipinski definition) is 5. The molecule has 0 radical (unpaired) electrons. The smallest absolute Gasteiger partial charge is 0.131 e. The van der Waals surface area contributed by atoms with Gasteiger partial charge in [0.25, 0.3) is 0 Å². The van der Waals surface area contributed by atoms with Gasteiger partial charge in [0.1, 0.15) is 11.6 Å². The molecule has 5 heteroatoms. The van der Waals surface area contributed by atoms with Crippen molar-refractivity contribution in [3.63, 3.8) is 0 Å². The number of β-amino-alcohol motifs (C(OH)–C–C–N with tert-alkyl or cyclic N) is 1. The van der Waals surface area contributed by atoms with Gasteiger partial charge in [-0.05, 0) is 32.9 Å². The third-order valence-corrected chi connectivity index (χ3v) is 3.40. The molecule has 1 saturated heterocycles. The predicted molar refractivity (Wildman–Crippen MR) is 83.4 cm³/mol. The minimum Gasteiger partial charge on any atom is -0.389 e. The topological polar surface area (TPSA) is 51.6 Å². The van der Waals surface area contributed by atoms with Crippen LogP contribution in [-0.2, 0) is 0 Å². The summed E-state index contributed by atoms with van der Waals surface area (Å²) in [5, 5.41) is 13.1. The first kappa shape index (κ1) is 15.1. The van der Waals surface area contributed by atoms with Crippen molar-refractivity contribution in [3.05, 3.63) is 18.2 Å². The molecule has 0 atom stereocenters. The van der Waals surface area contributed by atoms with Crippen molar-refractivity contribution >= 4 is 11.6 Å². The van der Waals surface area contributed by atoms with E-state index in [1.165, 1.54) is 0 Å². The van der Waals surface area contributed by atoms with E-state index in [4.69, 9.17) is 0 Å². The van der Waals surface area contributed by atoms with Crippen LogP contribution in [0.2, 0.25) is 0 Å². The van der Waals surface area contributed by atoms with Gasteiger partial charge < -0.3 is 15.3 Å². The maximum Gasteiger partial charge on any atom is 0.131 e. The highest BCUT2D eigenvalue weighted by Gasteiger charge is 2.23. The highest BCUT2D eigenvalue weighted by molar-refractivity contribution is 5.47. The second kappa shape index (κ2) is 6.41. The second-order valence-electron chi connectivity index (χ2n) is 5.99. The molecule has 1 aromatic rings. The molecule has 1 fully saturated rings. The normalized spacial score (nSPS) is 17.3. The number of nitrogens with zero attached hydrogens (tertiary/aromatic N) is 3. The van der Waals surface area contributed by atoms with E-state index in [2.05, 4.69) is 33.1 Å². The average Bonchev–Trinajstić information content (AvgIpc) is 2.38. The van der Waals surface area contributed by atoms with Crippen LogP contribution in [0.4, 0.5) is 11.6 Å². The molecule has 0 spiro atoms. The first-order chi connectivity index (χ1) is 9.48. The molecule has 0 aromatic carbocycles. The maximum atomic E-state index is 9.87. The molecule has 20 heavy (non-hydrogen) atoms. The number of pyridine rings is 1. The minimum atomic E-state index is -0.620. The molecule has 0 saturated carbocycles. The van der Waals surface area contributed by atoms with Crippen LogP contribution < -0.4 is 10.2 Å². The van der Waals surface area contributed by atoms with Crippen molar-refractivity contribution in [2.75, 3.05) is 49.5 Å². The second-order valence-corrected chi connectivity index (χ2v) is 5.99. The summed E-state index contributed by atoms with van der Waals surface area (Å²) >= 11 is 0. The number of anilines is 2. The number of hydrogen-bond donors (Lipinski definition) is 2. The lowest BCUT2D eigenvalue weighted by molar-refractivity contribution is 0.0345. The fourth-order valence-corrected chi connectivity index (χ4v) is 2.56. The summed E-state index contributed by atoms with van der Waals surface area (Å²) in [6.07, 6.45) is 0. The summed E-state index contributed by atoms with van der Waals surface area (Å²) < 4.78 is 0. The monoisotopic (exact) mass is 278 g/mol. The first-order valence-corrected chi connectivity index (χ1v) is 7.38. The van der Waals surface area contributed by atoms with Gasteiger partial charge in [-0.1, -0.05) is 6.07 Å². The maximum absolute atomic E-state index is 9.87. The van der Waals surface area contributed by atoms with E-state index < -0.39 is 5.60 Å². The first-order valence-electron chi connectivity index (χ1n) is 7.38. The standard InChI is InChI=1S/C15H26N4O/c1-4-16-13-6-5-7-14(17-13)19-10-8-18(9-11-19)12-15(2,3)20/h5-7,20H,4,8-12H2,1-3H3,(H,16,17). The van der Waals surface area contributed by atoms with Crippen molar-refractivity contribution in [1.29, 1.82) is 0 Å². The zero-order valence-corrected chi connectivity index (χ0v) is 12.8. The van der Waals surface area contributed by atoms with E-state index in [9.17, 15) is 5.11 Å². The average molecular weight is 278 g/mol. The van der Waals surface area contributed by atoms with E-state index in [0.717, 1.165) is 50.9 Å². The van der Waals surface area contributed by atoms with Crippen LogP contribution in [0.15, 0.2) is 18.2 Å². The molecule has 0 aliphatic carbocycles. The van der Waals surface area contributed by atoms with Crippen molar-refractivity contribution in [3.8, 4) is 0 Å². The fourth-order valence-electron chi connectivity index (χ4n) is 2.56. The Bertz CT molecular complexity index is 422. The number of aliphatic hydroxyl groups is 1. The molecule has 112 valence electrons. The Labute approximate surface area is 121 Å². The van der Waals surface area contributed by atoms with Crippen LogP contribution in [-0.4, -0.2) is 59.9 Å². The van der Waals surface area contributed by atoms with Crippen LogP contribution >= 0.6 is 0 Å². The summed E-state index contributed by atoms with van der Waals surface area (Å²) in [6, 6.07) is 6.10. The van der Waals surface area contributed by atoms with Crippen LogP contribution in [0, 0.1) is 0 Å². The molecule has 0 bridgehead atoms. The van der Waals surface area contributed by atoms with E-state index in [0.29, 0.717) is 0 Å². The fraction of sp³-hybridized carbons (Fsp3) is 0.667. The Balaban J connectivity index is 1.92. The predicted octanol–water partition coefficient (Wildman–Crippen LogP) is 1.41. The summed E-state index contributed by atoms with van der Waals surface area (Å²) in [5.41, 5.74) is -0.620. The molecule has 0 unspecified atom stereocenters. The van der Waals surface area contributed by atoms with Gasteiger partial charge in [-0.2, -0.15) is 0 Å². The van der Waals surface area contributed by atoms with Gasteiger partial charge in [-0.3, -0.25) is 4.90 Å². The molecule has 1 aliphatic rings. The van der Waals surface area contributed by atoms with Crippen molar-refractivity contribution in [2.24, 2.45) is 0 Å². The zero-order chi connectivity index (χ0) is 14.6. The minimum absolute atomic E-state index is 0.620. The number of nitrogens with one attached hydrogen (secondary N) is 1. The Morgan fingerprint density at radius 1 is 1.25 bits per heavy atom. The van der Waals surface area contributed by atoms with Crippen LogP contribution in [0.1, 0.15) is 20.8 Å². The number of piperazine rings is 1. The quantitative estimate of drug-likeness (QED) is 0.853. The Morgan fingerprint density at radius 3 is 2.55 bits per heavy atom. The summed E-state index contributed by atoms with van der Waals surface area (Å²) in [5.74, 6) is 1.97. The van der Waals surface area contributed by atoms with E-state index in [-0.39, 0.29) is 0 Å². The molecule has 5 nitrogen and oxygen atoms in total. The van der Waals surface area contributed by atoms with Gasteiger partial charge in [0.2, 0.25) is 0 Å². The van der Waals surface area contributed by atoms with Gasteiger partial charge in [-0.25, -0.2) is 4.98 Å². The Kier molecular flexibility index (Phi) is 4.83. The Hall–Kier alpha value is -1.33. The summed E-state index contributed by atoms with van der Waals surface area (Å²) in [7, 11) is 0. The molecule has 2 rings (SSSR count). The number of rotatable bonds is 5. The van der Waals surface area contributed by atoms with Gasteiger partial charge in [0.05, 0.1) is 5.60 Å². The van der Waals surface area contributed by atoms with Crippen molar-refractivity contribution in [1.82, 2.24) is 9.88 Å². The molecule has 0 amide bonds. The SMILES string of the molecule is CCNc1cccc(N2CCN(CC(C)(C)O)CC2)n1. The highest BCUT2D eigenvalue weighted by atomic mass is 16.3. The summed E-state index contributed by atoms with van der Waals surface area (Å²) in [6.45, 7) is 11.3. The van der Waals surface area contributed by atoms with Gasteiger partial charge in [-0.15, -0.1) is 0 Å². The zero-order valence-electron chi connectivity index (χ0n) is 12.8. The van der Waals surface area contributed by atoms with Crippen LogP contribution in [0.25, 0.3) is 0 Å². The lowest BCUT2D eigenvalue weighted by atomic mass is 10.1.